The van der Waals surface area contributed by atoms with E-state index in [1.807, 2.05) is 31.2 Å². The minimum atomic E-state index is -0.161. The van der Waals surface area contributed by atoms with E-state index < -0.39 is 0 Å². The van der Waals surface area contributed by atoms with Crippen LogP contribution >= 0.6 is 11.8 Å². The van der Waals surface area contributed by atoms with E-state index in [9.17, 15) is 4.79 Å². The Morgan fingerprint density at radius 3 is 3.06 bits per heavy atom. The van der Waals surface area contributed by atoms with Crippen molar-refractivity contribution in [1.82, 2.24) is 14.8 Å². The van der Waals surface area contributed by atoms with Gasteiger partial charge in [-0.15, -0.1) is 5.10 Å². The number of nitrogens with one attached hydrogen (secondary N) is 1. The average molecular weight is 265 g/mol. The fourth-order valence-electron chi connectivity index (χ4n) is 1.60. The number of benzene rings is 1. The second-order valence-corrected chi connectivity index (χ2v) is 4.64. The molecule has 0 saturated heterocycles. The van der Waals surface area contributed by atoms with Gasteiger partial charge in [0.15, 0.2) is 5.16 Å². The Balaban J connectivity index is 2.08. The largest absolute Gasteiger partial charge is 0.497 e. The van der Waals surface area contributed by atoms with Crippen LogP contribution in [0.4, 0.5) is 0 Å². The molecule has 0 aliphatic rings. The van der Waals surface area contributed by atoms with Crippen molar-refractivity contribution in [2.45, 2.75) is 24.4 Å². The van der Waals surface area contributed by atoms with E-state index in [2.05, 4.69) is 10.2 Å². The molecular formula is C12H15N3O2S. The summed E-state index contributed by atoms with van der Waals surface area (Å²) in [5.41, 5.74) is 0.975. The molecular weight excluding hydrogens is 250 g/mol. The van der Waals surface area contributed by atoms with Crippen LogP contribution in [0.25, 0.3) is 0 Å². The van der Waals surface area contributed by atoms with Gasteiger partial charge in [-0.3, -0.25) is 4.57 Å². The molecule has 1 N–H and O–H groups in total. The molecule has 0 unspecified atom stereocenters. The summed E-state index contributed by atoms with van der Waals surface area (Å²) < 4.78 is 6.79. The topological polar surface area (TPSA) is 59.9 Å². The van der Waals surface area contributed by atoms with E-state index in [1.165, 1.54) is 11.8 Å². The molecule has 1 heterocycles. The van der Waals surface area contributed by atoms with Crippen molar-refractivity contribution in [2.24, 2.45) is 0 Å². The lowest BCUT2D eigenvalue weighted by Crippen LogP contribution is -2.16. The number of H-pyrrole nitrogens is 1. The number of aromatic amines is 1. The predicted octanol–water partition coefficient (Wildman–Crippen LogP) is 1.89. The molecule has 0 bridgehead atoms. The SMILES string of the molecule is CCn1c(SCc2cccc(OC)c2)n[nH]c1=O. The van der Waals surface area contributed by atoms with Crippen molar-refractivity contribution < 1.29 is 4.74 Å². The summed E-state index contributed by atoms with van der Waals surface area (Å²) in [4.78, 5) is 11.4. The van der Waals surface area contributed by atoms with E-state index >= 15 is 0 Å². The molecule has 0 spiro atoms. The van der Waals surface area contributed by atoms with Crippen LogP contribution in [0.15, 0.2) is 34.2 Å². The number of nitrogens with zero attached hydrogens (tertiary/aromatic N) is 2. The lowest BCUT2D eigenvalue weighted by Gasteiger charge is -2.04. The van der Waals surface area contributed by atoms with Crippen LogP contribution in [0.2, 0.25) is 0 Å². The highest BCUT2D eigenvalue weighted by atomic mass is 32.2. The van der Waals surface area contributed by atoms with Crippen molar-refractivity contribution in [3.05, 3.63) is 40.3 Å². The third-order valence-corrected chi connectivity index (χ3v) is 3.59. The van der Waals surface area contributed by atoms with Gasteiger partial charge in [0.2, 0.25) is 0 Å². The molecule has 1 aromatic carbocycles. The zero-order valence-corrected chi connectivity index (χ0v) is 11.2. The van der Waals surface area contributed by atoms with Crippen molar-refractivity contribution in [3.8, 4) is 5.75 Å². The smallest absolute Gasteiger partial charge is 0.343 e. The Kier molecular flexibility index (Phi) is 4.09. The number of thioether (sulfide) groups is 1. The lowest BCUT2D eigenvalue weighted by molar-refractivity contribution is 0.414. The highest BCUT2D eigenvalue weighted by Crippen LogP contribution is 2.22. The molecule has 5 nitrogen and oxygen atoms in total. The molecule has 0 aliphatic heterocycles. The molecule has 96 valence electrons. The van der Waals surface area contributed by atoms with Crippen LogP contribution in [0.5, 0.6) is 5.75 Å². The normalized spacial score (nSPS) is 10.6. The third kappa shape index (κ3) is 2.76. The molecule has 0 radical (unpaired) electrons. The summed E-state index contributed by atoms with van der Waals surface area (Å²) in [6, 6.07) is 7.86. The fraction of sp³-hybridized carbons (Fsp3) is 0.333. The molecule has 2 rings (SSSR count). The van der Waals surface area contributed by atoms with Crippen LogP contribution in [-0.4, -0.2) is 21.9 Å². The maximum atomic E-state index is 11.4. The van der Waals surface area contributed by atoms with E-state index in [4.69, 9.17) is 4.74 Å². The van der Waals surface area contributed by atoms with Crippen LogP contribution in [0.3, 0.4) is 0 Å². The van der Waals surface area contributed by atoms with Crippen molar-refractivity contribution in [1.29, 1.82) is 0 Å². The van der Waals surface area contributed by atoms with Gasteiger partial charge in [0.1, 0.15) is 5.75 Å². The summed E-state index contributed by atoms with van der Waals surface area (Å²) in [5, 5.41) is 7.17. The summed E-state index contributed by atoms with van der Waals surface area (Å²) in [6.45, 7) is 2.54. The number of aromatic nitrogens is 3. The first-order valence-electron chi connectivity index (χ1n) is 5.65. The van der Waals surface area contributed by atoms with Gasteiger partial charge in [-0.2, -0.15) is 0 Å². The molecule has 0 saturated carbocycles. The van der Waals surface area contributed by atoms with Crippen LogP contribution in [-0.2, 0) is 12.3 Å². The van der Waals surface area contributed by atoms with Crippen LogP contribution in [0, 0.1) is 0 Å². The summed E-state index contributed by atoms with van der Waals surface area (Å²) in [6.07, 6.45) is 0. The first kappa shape index (κ1) is 12.8. The zero-order chi connectivity index (χ0) is 13.0. The molecule has 2 aromatic rings. The first-order valence-corrected chi connectivity index (χ1v) is 6.64. The molecule has 6 heteroatoms. The van der Waals surface area contributed by atoms with E-state index in [0.717, 1.165) is 17.1 Å². The summed E-state index contributed by atoms with van der Waals surface area (Å²) >= 11 is 1.53. The predicted molar refractivity (Wildman–Crippen MR) is 71.1 cm³/mol. The highest BCUT2D eigenvalue weighted by Gasteiger charge is 2.07. The molecule has 0 amide bonds. The third-order valence-electron chi connectivity index (χ3n) is 2.54. The Labute approximate surface area is 109 Å². The fourth-order valence-corrected chi connectivity index (χ4v) is 2.56. The van der Waals surface area contributed by atoms with E-state index in [0.29, 0.717) is 11.7 Å². The number of ether oxygens (including phenoxy) is 1. The number of hydrogen-bond acceptors (Lipinski definition) is 4. The van der Waals surface area contributed by atoms with Crippen molar-refractivity contribution in [3.63, 3.8) is 0 Å². The molecule has 1 aromatic heterocycles. The second kappa shape index (κ2) is 5.77. The minimum Gasteiger partial charge on any atom is -0.497 e. The average Bonchev–Trinajstić information content (AvgIpc) is 2.77. The summed E-state index contributed by atoms with van der Waals surface area (Å²) in [5.74, 6) is 1.59. The first-order chi connectivity index (χ1) is 8.74. The molecule has 0 aliphatic carbocycles. The number of rotatable bonds is 5. The van der Waals surface area contributed by atoms with E-state index in [-0.39, 0.29) is 5.69 Å². The summed E-state index contributed by atoms with van der Waals surface area (Å²) in [7, 11) is 1.65. The van der Waals surface area contributed by atoms with Crippen LogP contribution < -0.4 is 10.4 Å². The second-order valence-electron chi connectivity index (χ2n) is 3.70. The monoisotopic (exact) mass is 265 g/mol. The van der Waals surface area contributed by atoms with Gasteiger partial charge in [0.05, 0.1) is 7.11 Å². The van der Waals surface area contributed by atoms with Gasteiger partial charge in [0.25, 0.3) is 0 Å². The Morgan fingerprint density at radius 2 is 2.33 bits per heavy atom. The lowest BCUT2D eigenvalue weighted by atomic mass is 10.2. The Hall–Kier alpha value is -1.69. The number of methoxy groups -OCH3 is 1. The van der Waals surface area contributed by atoms with Crippen molar-refractivity contribution >= 4 is 11.8 Å². The van der Waals surface area contributed by atoms with Gasteiger partial charge < -0.3 is 4.74 Å². The standard InChI is InChI=1S/C12H15N3O2S/c1-3-15-11(16)13-14-12(15)18-8-9-5-4-6-10(7-9)17-2/h4-7H,3,8H2,1-2H3,(H,13,16). The van der Waals surface area contributed by atoms with E-state index in [1.54, 1.807) is 11.7 Å². The quantitative estimate of drug-likeness (QED) is 0.839. The molecule has 0 atom stereocenters. The van der Waals surface area contributed by atoms with Gasteiger partial charge in [-0.05, 0) is 24.6 Å². The van der Waals surface area contributed by atoms with Crippen LogP contribution in [0.1, 0.15) is 12.5 Å². The minimum absolute atomic E-state index is 0.161. The maximum absolute atomic E-state index is 11.4. The zero-order valence-electron chi connectivity index (χ0n) is 10.3. The molecule has 18 heavy (non-hydrogen) atoms. The molecule has 0 fully saturated rings. The Bertz CT molecular complexity index is 577. The van der Waals surface area contributed by atoms with Gasteiger partial charge in [0, 0.05) is 12.3 Å². The highest BCUT2D eigenvalue weighted by molar-refractivity contribution is 7.98. The van der Waals surface area contributed by atoms with Gasteiger partial charge >= 0.3 is 5.69 Å². The van der Waals surface area contributed by atoms with Gasteiger partial charge in [-0.1, -0.05) is 23.9 Å². The maximum Gasteiger partial charge on any atom is 0.343 e. The van der Waals surface area contributed by atoms with Crippen molar-refractivity contribution in [2.75, 3.05) is 7.11 Å². The number of hydrogen-bond donors (Lipinski definition) is 1. The Morgan fingerprint density at radius 1 is 1.50 bits per heavy atom. The van der Waals surface area contributed by atoms with Gasteiger partial charge in [-0.25, -0.2) is 9.89 Å².